The maximum atomic E-state index is 12.2. The lowest BCUT2D eigenvalue weighted by molar-refractivity contribution is -0.135. The van der Waals surface area contributed by atoms with Gasteiger partial charge >= 0.3 is 15.0 Å². The summed E-state index contributed by atoms with van der Waals surface area (Å²) < 4.78 is 54.0. The van der Waals surface area contributed by atoms with Gasteiger partial charge in [-0.1, -0.05) is 135 Å². The fourth-order valence-corrected chi connectivity index (χ4v) is 7.00. The summed E-state index contributed by atoms with van der Waals surface area (Å²) in [4.78, 5) is 0. The molecule has 0 aromatic rings. The molecule has 0 amide bonds. The first-order valence-electron chi connectivity index (χ1n) is 15.7. The van der Waals surface area contributed by atoms with Gasteiger partial charge in [-0.05, 0) is 19.3 Å². The Hall–Kier alpha value is -0.113. The van der Waals surface area contributed by atoms with E-state index in [1.807, 2.05) is 0 Å². The van der Waals surface area contributed by atoms with Crippen LogP contribution in [0.15, 0.2) is 0 Å². The third-order valence-electron chi connectivity index (χ3n) is 7.39. The van der Waals surface area contributed by atoms with E-state index in [9.17, 15) is 13.2 Å². The van der Waals surface area contributed by atoms with Crippen molar-refractivity contribution in [2.75, 3.05) is 20.8 Å². The average Bonchev–Trinajstić information content (AvgIpc) is 2.87. The van der Waals surface area contributed by atoms with Crippen LogP contribution in [-0.4, -0.2) is 35.8 Å². The Morgan fingerprint density at radius 3 is 1.22 bits per heavy atom. The predicted octanol–water partition coefficient (Wildman–Crippen LogP) is 11.2. The molecule has 7 heteroatoms. The highest BCUT2D eigenvalue weighted by Gasteiger charge is 2.38. The van der Waals surface area contributed by atoms with Crippen LogP contribution < -0.4 is 0 Å². The molecule has 0 fully saturated rings. The Kier molecular flexibility index (Phi) is 26.0. The summed E-state index contributed by atoms with van der Waals surface area (Å²) in [5, 5.41) is 0. The van der Waals surface area contributed by atoms with Crippen LogP contribution in [0.2, 0.25) is 6.04 Å². The van der Waals surface area contributed by atoms with Gasteiger partial charge in [-0.25, -0.2) is 0 Å². The topological polar surface area (TPSA) is 27.7 Å². The molecule has 0 radical (unpaired) electrons. The van der Waals surface area contributed by atoms with Crippen molar-refractivity contribution in [3.8, 4) is 0 Å². The largest absolute Gasteiger partial charge is 0.500 e. The maximum Gasteiger partial charge on any atom is 0.500 e. The molecule has 0 saturated carbocycles. The zero-order valence-corrected chi connectivity index (χ0v) is 25.7. The molecule has 0 aromatic carbocycles. The molecule has 0 rings (SSSR count). The van der Waals surface area contributed by atoms with Gasteiger partial charge in [0, 0.05) is 33.3 Å². The lowest BCUT2D eigenvalue weighted by atomic mass is 10.0. The van der Waals surface area contributed by atoms with E-state index in [2.05, 4.69) is 6.92 Å². The molecule has 0 heterocycles. The fraction of sp³-hybridized carbons (Fsp3) is 1.00. The predicted molar refractivity (Wildman–Crippen MR) is 153 cm³/mol. The molecule has 0 aliphatic carbocycles. The Morgan fingerprint density at radius 1 is 0.486 bits per heavy atom. The van der Waals surface area contributed by atoms with Crippen molar-refractivity contribution in [2.24, 2.45) is 0 Å². The van der Waals surface area contributed by atoms with Crippen LogP contribution >= 0.6 is 0 Å². The number of hydrogen-bond donors (Lipinski definition) is 0. The molecule has 224 valence electrons. The summed E-state index contributed by atoms with van der Waals surface area (Å²) in [5.41, 5.74) is 0. The van der Waals surface area contributed by atoms with Crippen LogP contribution in [0, 0.1) is 0 Å². The molecular weight excluding hydrogens is 493 g/mol. The van der Waals surface area contributed by atoms with E-state index in [0.717, 1.165) is 44.6 Å². The van der Waals surface area contributed by atoms with E-state index < -0.39 is 21.4 Å². The van der Waals surface area contributed by atoms with Gasteiger partial charge in [-0.3, -0.25) is 0 Å². The number of unbranched alkanes of at least 4 members (excludes halogenated alkanes) is 21. The number of alkyl halides is 3. The molecule has 0 N–H and O–H groups in total. The van der Waals surface area contributed by atoms with Crippen molar-refractivity contribution < 1.29 is 26.4 Å². The van der Waals surface area contributed by atoms with Gasteiger partial charge in [-0.15, -0.1) is 0 Å². The van der Waals surface area contributed by atoms with Crippen LogP contribution in [0.3, 0.4) is 0 Å². The zero-order chi connectivity index (χ0) is 27.5. The minimum atomic E-state index is -4.01. The third kappa shape index (κ3) is 25.9. The first-order chi connectivity index (χ1) is 17.9. The Balaban J connectivity index is 3.55. The van der Waals surface area contributed by atoms with E-state index in [-0.39, 0.29) is 6.42 Å². The monoisotopic (exact) mass is 554 g/mol. The quantitative estimate of drug-likeness (QED) is 0.0680. The highest BCUT2D eigenvalue weighted by molar-refractivity contribution is 6.60. The lowest BCUT2D eigenvalue weighted by Gasteiger charge is -2.26. The number of hydrogen-bond acceptors (Lipinski definition) is 3. The number of halogens is 3. The molecule has 0 saturated heterocycles. The summed E-state index contributed by atoms with van der Waals surface area (Å²) in [7, 11) is 0.789. The summed E-state index contributed by atoms with van der Waals surface area (Å²) in [6.07, 6.45) is 22.9. The zero-order valence-electron chi connectivity index (χ0n) is 24.7. The van der Waals surface area contributed by atoms with E-state index in [1.54, 1.807) is 14.2 Å². The second-order valence-electron chi connectivity index (χ2n) is 10.8. The van der Waals surface area contributed by atoms with E-state index in [4.69, 9.17) is 13.3 Å². The summed E-state index contributed by atoms with van der Waals surface area (Å²) in [6.45, 7) is 2.98. The minimum absolute atomic E-state index is 0.250. The highest BCUT2D eigenvalue weighted by Crippen LogP contribution is 2.24. The van der Waals surface area contributed by atoms with Crippen LogP contribution in [0.4, 0.5) is 13.2 Å². The molecule has 37 heavy (non-hydrogen) atoms. The lowest BCUT2D eigenvalue weighted by Crippen LogP contribution is -2.44. The average molecular weight is 555 g/mol. The van der Waals surface area contributed by atoms with Crippen LogP contribution in [0.5, 0.6) is 0 Å². The first kappa shape index (κ1) is 36.9. The van der Waals surface area contributed by atoms with Crippen molar-refractivity contribution in [1.29, 1.82) is 0 Å². The Bertz CT molecular complexity index is 460. The summed E-state index contributed by atoms with van der Waals surface area (Å²) in [5.74, 6) is 0. The normalized spacial score (nSPS) is 12.5. The van der Waals surface area contributed by atoms with Crippen molar-refractivity contribution in [3.05, 3.63) is 0 Å². The van der Waals surface area contributed by atoms with Gasteiger partial charge in [0.15, 0.2) is 0 Å². The second kappa shape index (κ2) is 26.1. The van der Waals surface area contributed by atoms with Gasteiger partial charge in [0.05, 0.1) is 0 Å². The van der Waals surface area contributed by atoms with Gasteiger partial charge in [0.1, 0.15) is 0 Å². The smallest absolute Gasteiger partial charge is 0.377 e. The second-order valence-corrected chi connectivity index (χ2v) is 13.8. The fourth-order valence-electron chi connectivity index (χ4n) is 4.91. The molecule has 0 unspecified atom stereocenters. The maximum absolute atomic E-state index is 12.2. The molecule has 0 aliphatic rings. The highest BCUT2D eigenvalue weighted by atomic mass is 28.4. The minimum Gasteiger partial charge on any atom is -0.377 e. The summed E-state index contributed by atoms with van der Waals surface area (Å²) in [6, 6.07) is 0.812. The third-order valence-corrected chi connectivity index (χ3v) is 10.2. The summed E-state index contributed by atoms with van der Waals surface area (Å²) >= 11 is 0. The van der Waals surface area contributed by atoms with E-state index in [1.165, 1.54) is 96.3 Å². The van der Waals surface area contributed by atoms with Crippen molar-refractivity contribution in [1.82, 2.24) is 0 Å². The molecule has 0 atom stereocenters. The van der Waals surface area contributed by atoms with Crippen molar-refractivity contribution in [3.63, 3.8) is 0 Å². The van der Waals surface area contributed by atoms with Crippen LogP contribution in [-0.2, 0) is 13.3 Å². The molecule has 3 nitrogen and oxygen atoms in total. The van der Waals surface area contributed by atoms with E-state index >= 15 is 0 Å². The van der Waals surface area contributed by atoms with Gasteiger partial charge < -0.3 is 13.3 Å². The molecular formula is C30H61F3O3Si. The Labute approximate surface area is 229 Å². The van der Waals surface area contributed by atoms with Gasteiger partial charge in [0.25, 0.3) is 0 Å². The molecule has 0 aliphatic heterocycles. The van der Waals surface area contributed by atoms with Crippen LogP contribution in [0.25, 0.3) is 0 Å². The number of rotatable bonds is 29. The van der Waals surface area contributed by atoms with Crippen molar-refractivity contribution >= 4 is 8.80 Å². The Morgan fingerprint density at radius 2 is 0.838 bits per heavy atom. The van der Waals surface area contributed by atoms with E-state index in [0.29, 0.717) is 13.0 Å². The SMILES string of the molecule is CCCCCCCCCCCCCCCCCCO[Si](CCCCCCCCCC(F)(F)F)(OC)OC. The molecule has 0 spiro atoms. The van der Waals surface area contributed by atoms with Gasteiger partial charge in [-0.2, -0.15) is 13.2 Å². The van der Waals surface area contributed by atoms with Gasteiger partial charge in [0.2, 0.25) is 0 Å². The standard InChI is InChI=1S/C30H61F3O3Si/c1-4-5-6-7-8-9-10-11-12-13-14-15-16-19-22-25-28-36-37(34-2,35-3)29-26-23-20-17-18-21-24-27-30(31,32)33/h4-29H2,1-3H3. The first-order valence-corrected chi connectivity index (χ1v) is 17.6. The molecule has 0 aromatic heterocycles. The molecule has 0 bridgehead atoms. The van der Waals surface area contributed by atoms with Crippen molar-refractivity contribution in [2.45, 2.75) is 173 Å². The van der Waals surface area contributed by atoms with Crippen LogP contribution in [0.1, 0.15) is 161 Å².